The zero-order valence-corrected chi connectivity index (χ0v) is 12.2. The number of aryl methyl sites for hydroxylation is 1. The lowest BCUT2D eigenvalue weighted by Crippen LogP contribution is -2.14. The summed E-state index contributed by atoms with van der Waals surface area (Å²) in [5, 5.41) is 0.861. The number of aromatic nitrogens is 2. The van der Waals surface area contributed by atoms with Crippen LogP contribution in [0.5, 0.6) is 0 Å². The first-order valence-electron chi connectivity index (χ1n) is 7.13. The molecular formula is C17H16N2O3. The van der Waals surface area contributed by atoms with Gasteiger partial charge in [0.05, 0.1) is 0 Å². The fourth-order valence-electron chi connectivity index (χ4n) is 2.49. The first-order valence-corrected chi connectivity index (χ1v) is 7.13. The van der Waals surface area contributed by atoms with E-state index in [0.717, 1.165) is 22.9 Å². The monoisotopic (exact) mass is 296 g/mol. The summed E-state index contributed by atoms with van der Waals surface area (Å²) in [4.78, 5) is 29.9. The molecule has 0 bridgehead atoms. The van der Waals surface area contributed by atoms with Crippen LogP contribution in [0.15, 0.2) is 42.7 Å². The van der Waals surface area contributed by atoms with Gasteiger partial charge in [0, 0.05) is 28.9 Å². The molecule has 0 unspecified atom stereocenters. The summed E-state index contributed by atoms with van der Waals surface area (Å²) in [5.41, 5.74) is 2.99. The van der Waals surface area contributed by atoms with Gasteiger partial charge in [-0.2, -0.15) is 0 Å². The van der Waals surface area contributed by atoms with E-state index in [-0.39, 0.29) is 12.4 Å². The number of aromatic amines is 2. The van der Waals surface area contributed by atoms with E-state index < -0.39 is 5.97 Å². The van der Waals surface area contributed by atoms with Gasteiger partial charge in [-0.1, -0.05) is 25.1 Å². The van der Waals surface area contributed by atoms with Crippen LogP contribution in [0.3, 0.4) is 0 Å². The van der Waals surface area contributed by atoms with Gasteiger partial charge in [-0.05, 0) is 24.1 Å². The van der Waals surface area contributed by atoms with E-state index in [1.54, 1.807) is 24.5 Å². The number of para-hydroxylation sites is 1. The SMILES string of the molecule is CCc1cccc2c(C(=O)COC(=O)c3ccc[nH]3)c[nH]c12. The van der Waals surface area contributed by atoms with Crippen molar-refractivity contribution in [2.45, 2.75) is 13.3 Å². The number of fused-ring (bicyclic) bond motifs is 1. The number of ether oxygens (including phenoxy) is 1. The van der Waals surface area contributed by atoms with Crippen LogP contribution >= 0.6 is 0 Å². The average Bonchev–Trinajstić information content (AvgIpc) is 3.20. The van der Waals surface area contributed by atoms with Crippen LogP contribution in [0.1, 0.15) is 33.3 Å². The highest BCUT2D eigenvalue weighted by molar-refractivity contribution is 6.09. The number of carbonyl (C=O) groups is 2. The molecule has 5 heteroatoms. The lowest BCUT2D eigenvalue weighted by Gasteiger charge is -2.03. The highest BCUT2D eigenvalue weighted by atomic mass is 16.5. The summed E-state index contributed by atoms with van der Waals surface area (Å²) in [6.45, 7) is 1.79. The van der Waals surface area contributed by atoms with Gasteiger partial charge >= 0.3 is 5.97 Å². The van der Waals surface area contributed by atoms with Crippen molar-refractivity contribution >= 4 is 22.7 Å². The minimum absolute atomic E-state index is 0.223. The first kappa shape index (κ1) is 14.1. The number of carbonyl (C=O) groups excluding carboxylic acids is 2. The predicted molar refractivity (Wildman–Crippen MR) is 83.1 cm³/mol. The van der Waals surface area contributed by atoms with E-state index in [0.29, 0.717) is 11.3 Å². The quantitative estimate of drug-likeness (QED) is 0.561. The molecule has 0 aliphatic heterocycles. The van der Waals surface area contributed by atoms with Crippen molar-refractivity contribution in [3.63, 3.8) is 0 Å². The number of ketones is 1. The molecule has 0 amide bonds. The van der Waals surface area contributed by atoms with Crippen LogP contribution in [0.4, 0.5) is 0 Å². The van der Waals surface area contributed by atoms with E-state index in [4.69, 9.17) is 4.74 Å². The minimum Gasteiger partial charge on any atom is -0.453 e. The van der Waals surface area contributed by atoms with E-state index in [9.17, 15) is 9.59 Å². The van der Waals surface area contributed by atoms with Crippen molar-refractivity contribution < 1.29 is 14.3 Å². The molecule has 0 aliphatic carbocycles. The van der Waals surface area contributed by atoms with E-state index in [1.165, 1.54) is 0 Å². The average molecular weight is 296 g/mol. The molecule has 0 spiro atoms. The fourth-order valence-corrected chi connectivity index (χ4v) is 2.49. The largest absolute Gasteiger partial charge is 0.453 e. The smallest absolute Gasteiger partial charge is 0.355 e. The number of nitrogens with one attached hydrogen (secondary N) is 2. The number of Topliss-reactive ketones (excluding diaryl/α,β-unsaturated/α-hetero) is 1. The summed E-state index contributed by atoms with van der Waals surface area (Å²) in [7, 11) is 0. The van der Waals surface area contributed by atoms with Crippen LogP contribution in [0.2, 0.25) is 0 Å². The third-order valence-corrected chi connectivity index (χ3v) is 3.64. The zero-order valence-electron chi connectivity index (χ0n) is 12.2. The Morgan fingerprint density at radius 3 is 2.73 bits per heavy atom. The van der Waals surface area contributed by atoms with Gasteiger partial charge in [0.2, 0.25) is 5.78 Å². The van der Waals surface area contributed by atoms with E-state index >= 15 is 0 Å². The predicted octanol–water partition coefficient (Wildman–Crippen LogP) is 3.10. The number of benzene rings is 1. The maximum Gasteiger partial charge on any atom is 0.355 e. The Labute approximate surface area is 127 Å². The van der Waals surface area contributed by atoms with Crippen molar-refractivity contribution in [2.24, 2.45) is 0 Å². The van der Waals surface area contributed by atoms with Crippen LogP contribution in [0.25, 0.3) is 10.9 Å². The summed E-state index contributed by atoms with van der Waals surface area (Å²) >= 11 is 0. The Balaban J connectivity index is 1.77. The topological polar surface area (TPSA) is 75.0 Å². The molecule has 2 N–H and O–H groups in total. The summed E-state index contributed by atoms with van der Waals surface area (Å²) in [5.74, 6) is -0.758. The number of hydrogen-bond donors (Lipinski definition) is 2. The molecule has 2 heterocycles. The molecule has 0 atom stereocenters. The molecule has 2 aromatic heterocycles. The van der Waals surface area contributed by atoms with Gasteiger partial charge in [0.25, 0.3) is 0 Å². The van der Waals surface area contributed by atoms with Crippen molar-refractivity contribution in [1.82, 2.24) is 9.97 Å². The van der Waals surface area contributed by atoms with Crippen LogP contribution in [0, 0.1) is 0 Å². The standard InChI is InChI=1S/C17H16N2O3/c1-2-11-5-3-6-12-13(9-19-16(11)12)15(20)10-22-17(21)14-7-4-8-18-14/h3-9,18-19H,2,10H2,1H3. The Morgan fingerprint density at radius 1 is 1.14 bits per heavy atom. The molecule has 0 saturated heterocycles. The van der Waals surface area contributed by atoms with Crippen LogP contribution in [-0.4, -0.2) is 28.3 Å². The third-order valence-electron chi connectivity index (χ3n) is 3.64. The summed E-state index contributed by atoms with van der Waals surface area (Å²) < 4.78 is 5.04. The van der Waals surface area contributed by atoms with E-state index in [1.807, 2.05) is 18.2 Å². The lowest BCUT2D eigenvalue weighted by molar-refractivity contribution is 0.0470. The normalized spacial score (nSPS) is 10.8. The van der Waals surface area contributed by atoms with Crippen molar-refractivity contribution in [1.29, 1.82) is 0 Å². The van der Waals surface area contributed by atoms with Gasteiger partial charge < -0.3 is 14.7 Å². The fraction of sp³-hybridized carbons (Fsp3) is 0.176. The minimum atomic E-state index is -0.535. The second-order valence-electron chi connectivity index (χ2n) is 4.98. The van der Waals surface area contributed by atoms with Gasteiger partial charge in [-0.3, -0.25) is 4.79 Å². The van der Waals surface area contributed by atoms with E-state index in [2.05, 4.69) is 16.9 Å². The Kier molecular flexibility index (Phi) is 3.78. The van der Waals surface area contributed by atoms with Gasteiger partial charge in [0.1, 0.15) is 5.69 Å². The number of hydrogen-bond acceptors (Lipinski definition) is 3. The second-order valence-corrected chi connectivity index (χ2v) is 4.98. The maximum atomic E-state index is 12.3. The molecule has 1 aromatic carbocycles. The summed E-state index contributed by atoms with van der Waals surface area (Å²) in [6, 6.07) is 9.15. The van der Waals surface area contributed by atoms with Gasteiger partial charge in [-0.15, -0.1) is 0 Å². The number of rotatable bonds is 5. The molecule has 0 aliphatic rings. The summed E-state index contributed by atoms with van der Waals surface area (Å²) in [6.07, 6.45) is 4.19. The Hall–Kier alpha value is -2.82. The second kappa shape index (κ2) is 5.89. The van der Waals surface area contributed by atoms with Crippen molar-refractivity contribution in [3.05, 3.63) is 59.5 Å². The van der Waals surface area contributed by atoms with Crippen LogP contribution in [-0.2, 0) is 11.2 Å². The molecule has 0 saturated carbocycles. The van der Waals surface area contributed by atoms with Gasteiger partial charge in [0.15, 0.2) is 6.61 Å². The number of esters is 1. The molecule has 0 fully saturated rings. The Morgan fingerprint density at radius 2 is 2.00 bits per heavy atom. The molecule has 3 aromatic rings. The molecule has 22 heavy (non-hydrogen) atoms. The maximum absolute atomic E-state index is 12.3. The Bertz CT molecular complexity index is 816. The molecule has 112 valence electrons. The lowest BCUT2D eigenvalue weighted by atomic mass is 10.1. The highest BCUT2D eigenvalue weighted by Crippen LogP contribution is 2.22. The third kappa shape index (κ3) is 2.53. The molecule has 0 radical (unpaired) electrons. The van der Waals surface area contributed by atoms with Crippen molar-refractivity contribution in [3.8, 4) is 0 Å². The number of H-pyrrole nitrogens is 2. The first-order chi connectivity index (χ1) is 10.7. The van der Waals surface area contributed by atoms with Crippen LogP contribution < -0.4 is 0 Å². The zero-order chi connectivity index (χ0) is 15.5. The molecule has 3 rings (SSSR count). The molecule has 5 nitrogen and oxygen atoms in total. The van der Waals surface area contributed by atoms with Crippen molar-refractivity contribution in [2.75, 3.05) is 6.61 Å². The molecular weight excluding hydrogens is 280 g/mol. The van der Waals surface area contributed by atoms with Gasteiger partial charge in [-0.25, -0.2) is 4.79 Å². The highest BCUT2D eigenvalue weighted by Gasteiger charge is 2.16.